The summed E-state index contributed by atoms with van der Waals surface area (Å²) in [5.41, 5.74) is 6.84. The van der Waals surface area contributed by atoms with Crippen molar-refractivity contribution < 1.29 is 67.3 Å². The number of nitrogens with zero attached hydrogens (tertiary/aromatic N) is 3. The topological polar surface area (TPSA) is 333 Å². The second-order valence-corrected chi connectivity index (χ2v) is 24.8. The van der Waals surface area contributed by atoms with Crippen molar-refractivity contribution in [2.75, 3.05) is 53.3 Å². The van der Waals surface area contributed by atoms with E-state index in [0.717, 1.165) is 6.42 Å². The Morgan fingerprint density at radius 1 is 0.742 bits per heavy atom. The Balaban J connectivity index is 1.70. The molecule has 2 aromatic carbocycles. The number of methoxy groups -OCH3 is 2. The summed E-state index contributed by atoms with van der Waals surface area (Å²) in [7, 11) is 6.11. The molecule has 0 saturated carbocycles. The summed E-state index contributed by atoms with van der Waals surface area (Å²) in [5.74, 6) is -0.0816. The van der Waals surface area contributed by atoms with Gasteiger partial charge >= 0.3 is 12.1 Å². The summed E-state index contributed by atoms with van der Waals surface area (Å²) in [6, 6.07) is 10.0. The van der Waals surface area contributed by atoms with E-state index < -0.39 is 114 Å². The van der Waals surface area contributed by atoms with Crippen molar-refractivity contribution >= 4 is 59.0 Å². The molecule has 0 aliphatic carbocycles. The number of nitrogens with two attached hydrogens (primary N) is 2. The Morgan fingerprint density at radius 3 is 1.98 bits per heavy atom. The van der Waals surface area contributed by atoms with Gasteiger partial charge in [-0.15, -0.1) is 0 Å². The summed E-state index contributed by atoms with van der Waals surface area (Å²) in [6.45, 7) is 19.1. The van der Waals surface area contributed by atoms with Crippen molar-refractivity contribution in [1.29, 1.82) is 0 Å². The van der Waals surface area contributed by atoms with Gasteiger partial charge in [-0.05, 0) is 92.4 Å². The second-order valence-electron chi connectivity index (χ2n) is 24.8. The number of nitrogens with one attached hydrogen (secondary N) is 5. The molecular formula is C65H106N10O14. The number of benzene rings is 2. The lowest BCUT2D eigenvalue weighted by Gasteiger charge is -2.41. The van der Waals surface area contributed by atoms with E-state index in [1.54, 1.807) is 80.9 Å². The third-order valence-corrected chi connectivity index (χ3v) is 17.1. The molecule has 0 spiro atoms. The minimum absolute atomic E-state index is 0.0107. The molecule has 9 amide bonds. The number of primary amides is 1. The maximum Gasteiger partial charge on any atom is 0.410 e. The lowest BCUT2D eigenvalue weighted by atomic mass is 9.88. The van der Waals surface area contributed by atoms with E-state index in [-0.39, 0.29) is 61.8 Å². The standard InChI is InChI=1S/C65H106N10O14/c1-15-42(8)56(52(86-13)37-53(77)75-34-23-28-51(75)58(87-14)43(9)59(79)69-44(10)57(78)46-24-18-16-19-25-46)73(11)63(83)54(40(4)5)72-62(82)55(41(6)7)74(12)65(85)88-38-45-29-31-47(32-30-45)70-61(81)50(27-22-33-68-64(66)84)71-60(80)49(39(2)3)36-48(76)26-20-17-21-35-89-67/h16,18-19,24-25,29-32,39-44,49-52,54-58,78H,15,17,20-23,26-28,33-38,67H2,1-14H3,(H,69,79)(H,70,81)(H,71,80)(H,72,82)(H3,66,68,84)/t42-,43+,44+,49?,50-,51-,52+,54-,55?,56-,57+,58+/m0/s1. The summed E-state index contributed by atoms with van der Waals surface area (Å²) in [6.07, 6.45) is 1.51. The molecule has 2 unspecified atom stereocenters. The molecule has 10 N–H and O–H groups in total. The van der Waals surface area contributed by atoms with Crippen molar-refractivity contribution in [2.45, 2.75) is 201 Å². The van der Waals surface area contributed by atoms with E-state index in [1.807, 2.05) is 59.7 Å². The number of rotatable bonds is 39. The van der Waals surface area contributed by atoms with E-state index in [9.17, 15) is 48.3 Å². The van der Waals surface area contributed by atoms with Crippen LogP contribution in [0, 0.1) is 35.5 Å². The third-order valence-electron chi connectivity index (χ3n) is 17.1. The van der Waals surface area contributed by atoms with Crippen LogP contribution >= 0.6 is 0 Å². The van der Waals surface area contributed by atoms with Gasteiger partial charge in [0.15, 0.2) is 0 Å². The van der Waals surface area contributed by atoms with Gasteiger partial charge in [0.05, 0.1) is 55.4 Å². The highest BCUT2D eigenvalue weighted by Crippen LogP contribution is 2.31. The molecule has 500 valence electrons. The fourth-order valence-corrected chi connectivity index (χ4v) is 11.6. The molecule has 1 aliphatic rings. The maximum atomic E-state index is 14.8. The summed E-state index contributed by atoms with van der Waals surface area (Å²) >= 11 is 0. The van der Waals surface area contributed by atoms with Gasteiger partial charge in [0.25, 0.3) is 0 Å². The number of likely N-dealkylation sites (tertiary alicyclic amines) is 1. The van der Waals surface area contributed by atoms with Crippen LogP contribution < -0.4 is 38.2 Å². The molecule has 2 aromatic rings. The molecule has 1 aliphatic heterocycles. The van der Waals surface area contributed by atoms with Gasteiger partial charge in [-0.25, -0.2) is 15.5 Å². The highest BCUT2D eigenvalue weighted by atomic mass is 16.6. The Hall–Kier alpha value is -6.73. The number of ketones is 1. The van der Waals surface area contributed by atoms with Crippen LogP contribution in [0.2, 0.25) is 0 Å². The first-order chi connectivity index (χ1) is 42.1. The minimum atomic E-state index is -1.07. The number of anilines is 1. The lowest BCUT2D eigenvalue weighted by Crippen LogP contribution is -2.60. The van der Waals surface area contributed by atoms with Crippen molar-refractivity contribution in [1.82, 2.24) is 36.0 Å². The fourth-order valence-electron chi connectivity index (χ4n) is 11.6. The third kappa shape index (κ3) is 23.9. The largest absolute Gasteiger partial charge is 0.445 e. The van der Waals surface area contributed by atoms with E-state index in [4.69, 9.17) is 25.8 Å². The van der Waals surface area contributed by atoms with E-state index in [2.05, 4.69) is 31.4 Å². The second kappa shape index (κ2) is 38.7. The van der Waals surface area contributed by atoms with Gasteiger partial charge < -0.3 is 66.3 Å². The quantitative estimate of drug-likeness (QED) is 0.0276. The van der Waals surface area contributed by atoms with Crippen molar-refractivity contribution in [3.8, 4) is 0 Å². The number of unbranched alkanes of at least 4 members (excludes halogenated alkanes) is 2. The monoisotopic (exact) mass is 1250 g/mol. The molecule has 89 heavy (non-hydrogen) atoms. The highest BCUT2D eigenvalue weighted by molar-refractivity contribution is 5.98. The van der Waals surface area contributed by atoms with Gasteiger partial charge in [0.2, 0.25) is 35.4 Å². The zero-order valence-electron chi connectivity index (χ0n) is 55.2. The van der Waals surface area contributed by atoms with Crippen LogP contribution in [0.4, 0.5) is 15.3 Å². The number of aliphatic hydroxyl groups is 1. The summed E-state index contributed by atoms with van der Waals surface area (Å²) in [4.78, 5) is 132. The first kappa shape index (κ1) is 76.5. The van der Waals surface area contributed by atoms with Gasteiger partial charge in [-0.3, -0.25) is 38.5 Å². The molecule has 24 nitrogen and oxygen atoms in total. The Labute approximate surface area is 527 Å². The van der Waals surface area contributed by atoms with Crippen LogP contribution in [-0.2, 0) is 59.2 Å². The molecule has 0 bridgehead atoms. The fraction of sp³-hybridized carbons (Fsp3) is 0.677. The molecule has 0 aromatic heterocycles. The van der Waals surface area contributed by atoms with Gasteiger partial charge in [0, 0.05) is 65.9 Å². The van der Waals surface area contributed by atoms with Crippen molar-refractivity contribution in [3.05, 3.63) is 65.7 Å². The first-order valence-electron chi connectivity index (χ1n) is 31.6. The Kier molecular flexibility index (Phi) is 33.3. The van der Waals surface area contributed by atoms with Crippen molar-refractivity contribution in [3.63, 3.8) is 0 Å². The van der Waals surface area contributed by atoms with Gasteiger partial charge in [-0.1, -0.05) is 118 Å². The lowest BCUT2D eigenvalue weighted by molar-refractivity contribution is -0.148. The molecule has 1 saturated heterocycles. The molecule has 1 heterocycles. The zero-order chi connectivity index (χ0) is 66.7. The molecule has 3 rings (SSSR count). The van der Waals surface area contributed by atoms with E-state index >= 15 is 0 Å². The number of ether oxygens (including phenoxy) is 3. The predicted octanol–water partition coefficient (Wildman–Crippen LogP) is 6.13. The Morgan fingerprint density at radius 2 is 1.40 bits per heavy atom. The molecule has 24 heteroatoms. The van der Waals surface area contributed by atoms with E-state index in [1.165, 1.54) is 26.2 Å². The molecule has 0 radical (unpaired) electrons. The van der Waals surface area contributed by atoms with Crippen LogP contribution in [-0.4, -0.2) is 170 Å². The van der Waals surface area contributed by atoms with Crippen molar-refractivity contribution in [2.24, 2.45) is 47.1 Å². The normalized spacial score (nSPS) is 17.0. The Bertz CT molecular complexity index is 2560. The average Bonchev–Trinajstić information content (AvgIpc) is 4.10. The number of carbonyl (C=O) groups excluding carboxylic acids is 9. The van der Waals surface area contributed by atoms with Gasteiger partial charge in [0.1, 0.15) is 30.5 Å². The number of Topliss-reactive ketones (excluding diaryl/α,β-unsaturated/α-hetero) is 1. The van der Waals surface area contributed by atoms with Crippen LogP contribution in [0.15, 0.2) is 54.6 Å². The SMILES string of the molecule is CC[C@H](C)[C@@H]([C@@H](CC(=O)N1CCC[C@H]1[C@H](OC)[C@@H](C)C(=O)N[C@H](C)[C@@H](O)c1ccccc1)OC)N(C)C(=O)[C@@H](NC(=O)C(C(C)C)N(C)C(=O)OCc1ccc(NC(=O)[C@H](CCCNC(N)=O)NC(=O)C(CC(=O)CCCCCON)C(C)C)cc1)C(C)C. The van der Waals surface area contributed by atoms with Crippen LogP contribution in [0.1, 0.15) is 157 Å². The van der Waals surface area contributed by atoms with Gasteiger partial charge in [-0.2, -0.15) is 0 Å². The number of hydrogen-bond donors (Lipinski definition) is 8. The highest BCUT2D eigenvalue weighted by Gasteiger charge is 2.44. The number of carbonyl (C=O) groups is 9. The van der Waals surface area contributed by atoms with E-state index in [0.29, 0.717) is 74.9 Å². The first-order valence-corrected chi connectivity index (χ1v) is 31.6. The smallest absolute Gasteiger partial charge is 0.410 e. The van der Waals surface area contributed by atoms with Crippen LogP contribution in [0.5, 0.6) is 0 Å². The number of amides is 9. The summed E-state index contributed by atoms with van der Waals surface area (Å²) < 4.78 is 17.7. The molecular weight excluding hydrogens is 1140 g/mol. The number of likely N-dealkylation sites (N-methyl/N-ethyl adjacent to an activating group) is 2. The number of aliphatic hydroxyl groups excluding tert-OH is 1. The minimum Gasteiger partial charge on any atom is -0.445 e. The average molecular weight is 1250 g/mol. The van der Waals surface area contributed by atoms with Crippen LogP contribution in [0.25, 0.3) is 0 Å². The van der Waals surface area contributed by atoms with Crippen LogP contribution in [0.3, 0.4) is 0 Å². The molecule has 12 atom stereocenters. The number of urea groups is 1. The zero-order valence-corrected chi connectivity index (χ0v) is 55.2. The summed E-state index contributed by atoms with van der Waals surface area (Å²) in [5, 5.41) is 25.0. The molecule has 1 fully saturated rings. The maximum absolute atomic E-state index is 14.8. The number of hydrogen-bond acceptors (Lipinski definition) is 15. The predicted molar refractivity (Wildman–Crippen MR) is 339 cm³/mol.